The van der Waals surface area contributed by atoms with Crippen LogP contribution in [-0.4, -0.2) is 62.7 Å². The average Bonchev–Trinajstić information content (AvgIpc) is 3.91. The molecule has 12 aliphatic heterocycles. The molecule has 4 bridgehead atoms. The first-order chi connectivity index (χ1) is 19.5. The van der Waals surface area contributed by atoms with Crippen LogP contribution in [0.3, 0.4) is 0 Å². The average molecular weight is 637 g/mol. The van der Waals surface area contributed by atoms with Gasteiger partial charge >= 0.3 is 243 Å². The Labute approximate surface area is 242 Å². The van der Waals surface area contributed by atoms with E-state index in [1.807, 2.05) is 0 Å². The van der Waals surface area contributed by atoms with Crippen molar-refractivity contribution in [2.45, 2.75) is 117 Å². The van der Waals surface area contributed by atoms with Gasteiger partial charge in [-0.1, -0.05) is 0 Å². The van der Waals surface area contributed by atoms with Gasteiger partial charge in [0.05, 0.1) is 0 Å². The van der Waals surface area contributed by atoms with Crippen LogP contribution in [0.5, 0.6) is 0 Å². The molecule has 0 aromatic rings. The maximum absolute atomic E-state index is 4.32. The number of hydrogen-bond donors (Lipinski definition) is 4. The van der Waals surface area contributed by atoms with E-state index >= 15 is 0 Å². The van der Waals surface area contributed by atoms with Gasteiger partial charge in [-0.2, -0.15) is 0 Å². The van der Waals surface area contributed by atoms with Gasteiger partial charge in [-0.05, 0) is 0 Å². The molecule has 4 N–H and O–H groups in total. The van der Waals surface area contributed by atoms with Gasteiger partial charge in [0.2, 0.25) is 0 Å². The first-order valence-electron chi connectivity index (χ1n) is 18.1. The SMILES string of the molecule is CC(C)(C)[C]12[CH]3[C]4(C(P)(C5CNCCN5)C5CNCCN5)[C]5(C6(CP)C7CC8CC(C7)CC6C8)[CH]1[Fe]32451678[CH]2[CH]1[CH]6[CH]7[CH]28. The van der Waals surface area contributed by atoms with Crippen molar-refractivity contribution < 1.29 is 6.51 Å². The van der Waals surface area contributed by atoms with Crippen LogP contribution in [-0.2, 0) is 6.51 Å². The van der Waals surface area contributed by atoms with Gasteiger partial charge in [-0.3, -0.25) is 0 Å². The van der Waals surface area contributed by atoms with Gasteiger partial charge in [0.25, 0.3) is 0 Å². The van der Waals surface area contributed by atoms with Crippen LogP contribution in [0.1, 0.15) is 52.9 Å². The van der Waals surface area contributed by atoms with E-state index in [1.54, 1.807) is 32.1 Å². The van der Waals surface area contributed by atoms with Gasteiger partial charge in [-0.15, -0.1) is 0 Å². The van der Waals surface area contributed by atoms with E-state index in [1.165, 1.54) is 66.1 Å². The summed E-state index contributed by atoms with van der Waals surface area (Å²) >= 11 is 0. The number of nitrogens with one attached hydrogen (secondary N) is 4. The Balaban J connectivity index is 1.11. The number of rotatable bonds is 5. The summed E-state index contributed by atoms with van der Waals surface area (Å²) in [6.07, 6.45) is 9.63. The minimum absolute atomic E-state index is 0.317. The molecule has 7 heteroatoms. The second-order valence-corrected chi connectivity index (χ2v) is 46.2. The summed E-state index contributed by atoms with van der Waals surface area (Å²) in [5.41, 5.74) is 1.23. The molecule has 228 valence electrons. The van der Waals surface area contributed by atoms with E-state index in [2.05, 4.69) is 60.5 Å². The van der Waals surface area contributed by atoms with E-state index in [9.17, 15) is 0 Å². The molecule has 12 heterocycles. The first-order valence-corrected chi connectivity index (χ1v) is 25.6. The number of hydrogen-bond acceptors (Lipinski definition) is 4. The fraction of sp³-hybridized carbons (Fsp3) is 1.00. The van der Waals surface area contributed by atoms with Crippen molar-refractivity contribution in [2.75, 3.05) is 45.4 Å². The molecule has 0 radical (unpaired) electrons. The fourth-order valence-corrected chi connectivity index (χ4v) is 118. The molecule has 4 nitrogen and oxygen atoms in total. The van der Waals surface area contributed by atoms with E-state index in [-0.39, 0.29) is 0 Å². The van der Waals surface area contributed by atoms with Crippen molar-refractivity contribution in [3.63, 3.8) is 0 Å². The van der Waals surface area contributed by atoms with Crippen molar-refractivity contribution in [1.29, 1.82) is 0 Å². The van der Waals surface area contributed by atoms with Gasteiger partial charge in [0.1, 0.15) is 0 Å². The van der Waals surface area contributed by atoms with Gasteiger partial charge in [0.15, 0.2) is 0 Å². The monoisotopic (exact) mass is 636 g/mol. The quantitative estimate of drug-likeness (QED) is 0.235. The molecular weight excluding hydrogens is 582 g/mol. The van der Waals surface area contributed by atoms with E-state index in [0.717, 1.165) is 49.7 Å². The molecule has 0 aromatic heterocycles. The van der Waals surface area contributed by atoms with Gasteiger partial charge in [0, 0.05) is 0 Å². The van der Waals surface area contributed by atoms with Crippen LogP contribution >= 0.6 is 18.5 Å². The van der Waals surface area contributed by atoms with Crippen LogP contribution in [0.2, 0.25) is 46.7 Å². The zero-order valence-corrected chi connectivity index (χ0v) is 28.9. The molecule has 0 aromatic carbocycles. The standard InChI is InChI=1S/C29H49N4P2.C5H5.Fe/c1-27(2,3)20-13-23(28(17-34)21-9-18-8-19(11-21)12-22(28)10-18)24(14-20)29(35,25-15-30-4-6-32-25)26-16-31-5-7-33-26;1-2-4-5-3-1;/h13-14,18-19,21-22,25-26,30-33H,4-12,15-17,34-35H2,1-3H3;1-5H;. The van der Waals surface area contributed by atoms with Crippen molar-refractivity contribution in [3.8, 4) is 0 Å². The molecular formula is C34H54FeN4P2. The zero-order chi connectivity index (χ0) is 27.1. The molecule has 12 saturated heterocycles. The summed E-state index contributed by atoms with van der Waals surface area (Å²) in [5, 5.41) is 16.9. The molecule has 4 aliphatic carbocycles. The van der Waals surface area contributed by atoms with Crippen LogP contribution in [0.4, 0.5) is 0 Å². The topological polar surface area (TPSA) is 48.1 Å². The Kier molecular flexibility index (Phi) is 1.96. The summed E-state index contributed by atoms with van der Waals surface area (Å²) in [5.74, 6) is 4.34. The van der Waals surface area contributed by atoms with E-state index in [0.29, 0.717) is 28.1 Å². The Morgan fingerprint density at radius 1 is 0.732 bits per heavy atom. The molecule has 0 amide bonds. The normalized spacial score (nSPS) is 85.4. The molecule has 16 rings (SSSR count). The minimum atomic E-state index is -4.18. The summed E-state index contributed by atoms with van der Waals surface area (Å²) in [4.78, 5) is 9.15. The van der Waals surface area contributed by atoms with E-state index in [4.69, 9.17) is 0 Å². The molecule has 1 spiro atoms. The van der Waals surface area contributed by atoms with Crippen molar-refractivity contribution in [1.82, 2.24) is 21.3 Å². The number of piperazine rings is 2. The second kappa shape index (κ2) is 3.54. The predicted molar refractivity (Wildman–Crippen MR) is 170 cm³/mol. The predicted octanol–water partition coefficient (Wildman–Crippen LogP) is 5.59. The van der Waals surface area contributed by atoms with Crippen molar-refractivity contribution >= 4 is 18.5 Å². The van der Waals surface area contributed by atoms with Crippen molar-refractivity contribution in [2.24, 2.45) is 34.5 Å². The molecule has 16 fully saturated rings. The Morgan fingerprint density at radius 3 is 1.63 bits per heavy atom. The molecule has 9 unspecified atom stereocenters. The summed E-state index contributed by atoms with van der Waals surface area (Å²) in [6.45, 7) is 11.3. The van der Waals surface area contributed by atoms with Crippen molar-refractivity contribution in [3.05, 3.63) is 0 Å². The summed E-state index contributed by atoms with van der Waals surface area (Å²) in [6, 6.07) is 1.23. The Morgan fingerprint density at radius 2 is 1.24 bits per heavy atom. The maximum atomic E-state index is 4.32. The third-order valence-electron chi connectivity index (χ3n) is 25.6. The number of fused-ring (bicyclic) bond motifs is 11. The third-order valence-corrected chi connectivity index (χ3v) is 71.9. The van der Waals surface area contributed by atoms with Crippen LogP contribution < -0.4 is 21.3 Å². The molecule has 41 heavy (non-hydrogen) atoms. The van der Waals surface area contributed by atoms with Crippen LogP contribution in [0.25, 0.3) is 0 Å². The fourth-order valence-electron chi connectivity index (χ4n) is 29.4. The van der Waals surface area contributed by atoms with Crippen LogP contribution in [0, 0.1) is 34.5 Å². The van der Waals surface area contributed by atoms with Crippen LogP contribution in [0.15, 0.2) is 0 Å². The second-order valence-electron chi connectivity index (χ2n) is 22.0. The summed E-state index contributed by atoms with van der Waals surface area (Å²) in [7, 11) is 7.54. The van der Waals surface area contributed by atoms with Gasteiger partial charge < -0.3 is 0 Å². The molecule has 16 aliphatic rings. The molecule has 4 saturated carbocycles. The zero-order valence-electron chi connectivity index (χ0n) is 25.5. The first kappa shape index (κ1) is 22.7. The molecule has 9 atom stereocenters. The Bertz CT molecular complexity index is 1750. The van der Waals surface area contributed by atoms with Gasteiger partial charge in [-0.25, -0.2) is 0 Å². The summed E-state index contributed by atoms with van der Waals surface area (Å²) < 4.78 is 2.45. The van der Waals surface area contributed by atoms with E-state index < -0.39 is 6.51 Å². The Hall–Kier alpha value is 1.22. The third kappa shape index (κ3) is 0.578.